The standard InChI is InChI=1S/C21H29N5O5S/c1-12(2)10-26-18-17(20(28)24-21(26)29)15(9-16(23-18)13-6-7-13)19(27)22-14-5-4-8-25(11-14)32(3,30)31/h9,12-14H,4-8,10-11H2,1-3H3,(H,22,27)(H,24,28,29). The lowest BCUT2D eigenvalue weighted by Crippen LogP contribution is -2.49. The minimum Gasteiger partial charge on any atom is -0.348 e. The number of pyridine rings is 1. The molecule has 0 radical (unpaired) electrons. The Kier molecular flexibility index (Phi) is 5.97. The number of hydrogen-bond donors (Lipinski definition) is 2. The maximum atomic E-state index is 13.3. The molecule has 4 rings (SSSR count). The number of nitrogens with one attached hydrogen (secondary N) is 2. The highest BCUT2D eigenvalue weighted by Gasteiger charge is 2.31. The quantitative estimate of drug-likeness (QED) is 0.650. The van der Waals surface area contributed by atoms with E-state index in [0.717, 1.165) is 19.1 Å². The van der Waals surface area contributed by atoms with Gasteiger partial charge in [0.25, 0.3) is 11.5 Å². The van der Waals surface area contributed by atoms with Crippen molar-refractivity contribution in [3.8, 4) is 0 Å². The first-order valence-corrected chi connectivity index (χ1v) is 12.8. The largest absolute Gasteiger partial charge is 0.348 e. The van der Waals surface area contributed by atoms with Crippen LogP contribution in [0.1, 0.15) is 61.5 Å². The second-order valence-corrected chi connectivity index (χ2v) is 11.2. The maximum absolute atomic E-state index is 13.3. The van der Waals surface area contributed by atoms with Gasteiger partial charge in [0.15, 0.2) is 5.65 Å². The summed E-state index contributed by atoms with van der Waals surface area (Å²) in [6.07, 6.45) is 4.33. The Labute approximate surface area is 186 Å². The second kappa shape index (κ2) is 8.43. The molecule has 0 bridgehead atoms. The fourth-order valence-electron chi connectivity index (χ4n) is 4.22. The third-order valence-corrected chi connectivity index (χ3v) is 7.21. The summed E-state index contributed by atoms with van der Waals surface area (Å²) in [6.45, 7) is 4.89. The van der Waals surface area contributed by atoms with E-state index in [9.17, 15) is 22.8 Å². The van der Waals surface area contributed by atoms with Gasteiger partial charge >= 0.3 is 5.69 Å². The van der Waals surface area contributed by atoms with E-state index in [4.69, 9.17) is 0 Å². The van der Waals surface area contributed by atoms with Gasteiger partial charge in [0, 0.05) is 37.3 Å². The number of aromatic nitrogens is 3. The molecule has 11 heteroatoms. The molecule has 1 aliphatic carbocycles. The summed E-state index contributed by atoms with van der Waals surface area (Å²) in [5, 5.41) is 2.99. The Morgan fingerprint density at radius 1 is 1.28 bits per heavy atom. The Hall–Kier alpha value is -2.53. The van der Waals surface area contributed by atoms with Crippen LogP contribution in [0.3, 0.4) is 0 Å². The zero-order valence-electron chi connectivity index (χ0n) is 18.6. The molecule has 1 unspecified atom stereocenters. The smallest absolute Gasteiger partial charge is 0.330 e. The molecular weight excluding hydrogens is 434 g/mol. The van der Waals surface area contributed by atoms with Crippen molar-refractivity contribution in [3.63, 3.8) is 0 Å². The van der Waals surface area contributed by atoms with Gasteiger partial charge in [-0.15, -0.1) is 0 Å². The third kappa shape index (κ3) is 4.63. The first-order chi connectivity index (χ1) is 15.0. The highest BCUT2D eigenvalue weighted by molar-refractivity contribution is 7.88. The average Bonchev–Trinajstić information content (AvgIpc) is 3.55. The molecule has 1 amide bonds. The normalized spacial score (nSPS) is 20.1. The zero-order valence-corrected chi connectivity index (χ0v) is 19.4. The maximum Gasteiger partial charge on any atom is 0.330 e. The number of amides is 1. The van der Waals surface area contributed by atoms with E-state index in [1.165, 1.54) is 8.87 Å². The van der Waals surface area contributed by atoms with Gasteiger partial charge in [-0.25, -0.2) is 22.5 Å². The van der Waals surface area contributed by atoms with E-state index in [1.807, 2.05) is 13.8 Å². The lowest BCUT2D eigenvalue weighted by atomic mass is 10.0. The minimum absolute atomic E-state index is 0.0860. The number of nitrogens with zero attached hydrogens (tertiary/aromatic N) is 3. The van der Waals surface area contributed by atoms with E-state index >= 15 is 0 Å². The van der Waals surface area contributed by atoms with Gasteiger partial charge in [-0.05, 0) is 37.7 Å². The number of aromatic amines is 1. The van der Waals surface area contributed by atoms with Gasteiger partial charge in [-0.2, -0.15) is 0 Å². The third-order valence-electron chi connectivity index (χ3n) is 5.94. The molecule has 174 valence electrons. The van der Waals surface area contributed by atoms with Crippen molar-refractivity contribution < 1.29 is 13.2 Å². The number of hydrogen-bond acceptors (Lipinski definition) is 6. The molecule has 0 aromatic carbocycles. The Morgan fingerprint density at radius 2 is 2.00 bits per heavy atom. The Bertz CT molecular complexity index is 1280. The highest BCUT2D eigenvalue weighted by Crippen LogP contribution is 2.40. The molecule has 2 aromatic rings. The Morgan fingerprint density at radius 3 is 2.62 bits per heavy atom. The molecule has 2 aliphatic rings. The number of piperidine rings is 1. The van der Waals surface area contributed by atoms with Crippen LogP contribution in [0.25, 0.3) is 11.0 Å². The Balaban J connectivity index is 1.77. The van der Waals surface area contributed by atoms with Crippen LogP contribution in [0, 0.1) is 5.92 Å². The van der Waals surface area contributed by atoms with Gasteiger partial charge in [-0.3, -0.25) is 19.1 Å². The molecule has 2 N–H and O–H groups in total. The molecule has 3 heterocycles. The van der Waals surface area contributed by atoms with E-state index in [-0.39, 0.29) is 41.0 Å². The van der Waals surface area contributed by atoms with Crippen molar-refractivity contribution in [1.82, 2.24) is 24.2 Å². The van der Waals surface area contributed by atoms with Gasteiger partial charge < -0.3 is 5.32 Å². The lowest BCUT2D eigenvalue weighted by molar-refractivity contribution is 0.0923. The van der Waals surface area contributed by atoms with Gasteiger partial charge in [0.2, 0.25) is 10.0 Å². The van der Waals surface area contributed by atoms with Crippen LogP contribution in [0.2, 0.25) is 0 Å². The van der Waals surface area contributed by atoms with E-state index in [2.05, 4.69) is 15.3 Å². The van der Waals surface area contributed by atoms with Crippen molar-refractivity contribution in [3.05, 3.63) is 38.2 Å². The number of fused-ring (bicyclic) bond motifs is 1. The van der Waals surface area contributed by atoms with Gasteiger partial charge in [-0.1, -0.05) is 13.8 Å². The van der Waals surface area contributed by atoms with Crippen molar-refractivity contribution in [2.45, 2.75) is 58.0 Å². The van der Waals surface area contributed by atoms with Crippen LogP contribution in [0.4, 0.5) is 0 Å². The van der Waals surface area contributed by atoms with Crippen molar-refractivity contribution in [2.24, 2.45) is 5.92 Å². The summed E-state index contributed by atoms with van der Waals surface area (Å²) in [7, 11) is -3.35. The second-order valence-electron chi connectivity index (χ2n) is 9.26. The summed E-state index contributed by atoms with van der Waals surface area (Å²) in [6, 6.07) is 1.28. The molecule has 1 saturated heterocycles. The zero-order chi connectivity index (χ0) is 23.2. The summed E-state index contributed by atoms with van der Waals surface area (Å²) in [5.74, 6) is -0.113. The molecule has 32 heavy (non-hydrogen) atoms. The molecule has 1 atom stereocenters. The predicted octanol–water partition coefficient (Wildman–Crippen LogP) is 0.772. The molecule has 0 spiro atoms. The fraction of sp³-hybridized carbons (Fsp3) is 0.619. The number of carbonyl (C=O) groups is 1. The fourth-order valence-corrected chi connectivity index (χ4v) is 5.13. The van der Waals surface area contributed by atoms with Crippen LogP contribution in [-0.4, -0.2) is 58.6 Å². The van der Waals surface area contributed by atoms with Gasteiger partial charge in [0.1, 0.15) is 0 Å². The van der Waals surface area contributed by atoms with Crippen LogP contribution < -0.4 is 16.6 Å². The first-order valence-electron chi connectivity index (χ1n) is 11.0. The topological polar surface area (TPSA) is 134 Å². The molecular formula is C21H29N5O5S. The van der Waals surface area contributed by atoms with Crippen molar-refractivity contribution in [2.75, 3.05) is 19.3 Å². The van der Waals surface area contributed by atoms with E-state index in [0.29, 0.717) is 31.6 Å². The van der Waals surface area contributed by atoms with Crippen LogP contribution in [-0.2, 0) is 16.6 Å². The number of sulfonamides is 1. The van der Waals surface area contributed by atoms with Crippen molar-refractivity contribution in [1.29, 1.82) is 0 Å². The SMILES string of the molecule is CC(C)Cn1c(=O)[nH]c(=O)c2c(C(=O)NC3CCCN(S(C)(=O)=O)C3)cc(C3CC3)nc21. The van der Waals surface area contributed by atoms with E-state index in [1.54, 1.807) is 6.07 Å². The molecule has 1 saturated carbocycles. The number of carbonyl (C=O) groups excluding carboxylic acids is 1. The molecule has 2 fully saturated rings. The summed E-state index contributed by atoms with van der Waals surface area (Å²) in [5.41, 5.74) is -0.0902. The monoisotopic (exact) mass is 463 g/mol. The average molecular weight is 464 g/mol. The highest BCUT2D eigenvalue weighted by atomic mass is 32.2. The van der Waals surface area contributed by atoms with E-state index < -0.39 is 27.2 Å². The summed E-state index contributed by atoms with van der Waals surface area (Å²) < 4.78 is 26.6. The molecule has 2 aromatic heterocycles. The summed E-state index contributed by atoms with van der Waals surface area (Å²) in [4.78, 5) is 45.5. The van der Waals surface area contributed by atoms with Crippen molar-refractivity contribution >= 4 is 27.0 Å². The minimum atomic E-state index is -3.35. The van der Waals surface area contributed by atoms with Crippen LogP contribution in [0.5, 0.6) is 0 Å². The molecule has 1 aliphatic heterocycles. The van der Waals surface area contributed by atoms with Crippen LogP contribution in [0.15, 0.2) is 15.7 Å². The summed E-state index contributed by atoms with van der Waals surface area (Å²) >= 11 is 0. The first kappa shape index (κ1) is 22.7. The number of H-pyrrole nitrogens is 1. The van der Waals surface area contributed by atoms with Crippen LogP contribution >= 0.6 is 0 Å². The predicted molar refractivity (Wildman–Crippen MR) is 120 cm³/mol. The lowest BCUT2D eigenvalue weighted by Gasteiger charge is -2.31. The number of rotatable bonds is 6. The van der Waals surface area contributed by atoms with Gasteiger partial charge in [0.05, 0.1) is 17.2 Å². The molecule has 10 nitrogen and oxygen atoms in total.